The summed E-state index contributed by atoms with van der Waals surface area (Å²) in [5.74, 6) is 0.523. The van der Waals surface area contributed by atoms with Gasteiger partial charge in [0.15, 0.2) is 0 Å². The van der Waals surface area contributed by atoms with Gasteiger partial charge in [0.2, 0.25) is 5.09 Å². The minimum Gasteiger partial charge on any atom is -0.447 e. The standard InChI is InChI=1S/C10H18N2O5S/c1-11-6-9-3-4-10(17-9)18(14,15)12-5-8(13)7-16-2/h3-4,8,11-13H,5-7H2,1-2H3. The van der Waals surface area contributed by atoms with E-state index in [1.54, 1.807) is 13.1 Å². The molecule has 0 aliphatic carbocycles. The van der Waals surface area contributed by atoms with Crippen molar-refractivity contribution in [1.29, 1.82) is 0 Å². The number of hydrogen-bond donors (Lipinski definition) is 3. The van der Waals surface area contributed by atoms with Crippen molar-refractivity contribution < 1.29 is 22.7 Å². The number of furan rings is 1. The Labute approximate surface area is 106 Å². The van der Waals surface area contributed by atoms with Crippen molar-refractivity contribution in [2.75, 3.05) is 27.3 Å². The van der Waals surface area contributed by atoms with Crippen LogP contribution in [-0.2, 0) is 21.3 Å². The maximum Gasteiger partial charge on any atom is 0.274 e. The Hall–Kier alpha value is -0.930. The number of rotatable bonds is 8. The summed E-state index contributed by atoms with van der Waals surface area (Å²) in [5, 5.41) is 12.0. The van der Waals surface area contributed by atoms with Crippen LogP contribution in [0.25, 0.3) is 0 Å². The van der Waals surface area contributed by atoms with Crippen LogP contribution in [0.4, 0.5) is 0 Å². The molecule has 1 unspecified atom stereocenters. The zero-order valence-corrected chi connectivity index (χ0v) is 11.2. The highest BCUT2D eigenvalue weighted by Crippen LogP contribution is 2.13. The monoisotopic (exact) mass is 278 g/mol. The molecule has 1 atom stereocenters. The van der Waals surface area contributed by atoms with Gasteiger partial charge >= 0.3 is 0 Å². The van der Waals surface area contributed by atoms with E-state index in [9.17, 15) is 13.5 Å². The Balaban J connectivity index is 2.62. The van der Waals surface area contributed by atoms with E-state index in [1.165, 1.54) is 13.2 Å². The lowest BCUT2D eigenvalue weighted by molar-refractivity contribution is 0.0678. The third kappa shape index (κ3) is 4.39. The molecule has 0 fully saturated rings. The summed E-state index contributed by atoms with van der Waals surface area (Å²) in [6, 6.07) is 2.95. The molecular formula is C10H18N2O5S. The number of aliphatic hydroxyl groups is 1. The molecular weight excluding hydrogens is 260 g/mol. The molecule has 0 saturated carbocycles. The number of methoxy groups -OCH3 is 1. The van der Waals surface area contributed by atoms with Crippen molar-refractivity contribution in [2.45, 2.75) is 17.7 Å². The van der Waals surface area contributed by atoms with Gasteiger partial charge in [-0.05, 0) is 19.2 Å². The Morgan fingerprint density at radius 1 is 1.50 bits per heavy atom. The van der Waals surface area contributed by atoms with E-state index < -0.39 is 16.1 Å². The van der Waals surface area contributed by atoms with E-state index in [4.69, 9.17) is 9.15 Å². The van der Waals surface area contributed by atoms with Crippen molar-refractivity contribution in [3.05, 3.63) is 17.9 Å². The molecule has 18 heavy (non-hydrogen) atoms. The van der Waals surface area contributed by atoms with Crippen LogP contribution in [0.5, 0.6) is 0 Å². The molecule has 1 aromatic rings. The fourth-order valence-electron chi connectivity index (χ4n) is 1.30. The summed E-state index contributed by atoms with van der Waals surface area (Å²) in [6.07, 6.45) is -0.892. The highest BCUT2D eigenvalue weighted by atomic mass is 32.2. The van der Waals surface area contributed by atoms with E-state index in [0.717, 1.165) is 0 Å². The predicted octanol–water partition coefficient (Wildman–Crippen LogP) is -0.715. The lowest BCUT2D eigenvalue weighted by Crippen LogP contribution is -2.34. The first-order valence-corrected chi connectivity index (χ1v) is 6.88. The van der Waals surface area contributed by atoms with Crippen molar-refractivity contribution >= 4 is 10.0 Å². The third-order valence-corrected chi connectivity index (χ3v) is 3.42. The van der Waals surface area contributed by atoms with Gasteiger partial charge < -0.3 is 19.6 Å². The molecule has 0 aliphatic heterocycles. The average Bonchev–Trinajstić information content (AvgIpc) is 2.77. The second-order valence-corrected chi connectivity index (χ2v) is 5.41. The number of sulfonamides is 1. The van der Waals surface area contributed by atoms with E-state index in [-0.39, 0.29) is 18.2 Å². The van der Waals surface area contributed by atoms with Crippen molar-refractivity contribution in [1.82, 2.24) is 10.0 Å². The summed E-state index contributed by atoms with van der Waals surface area (Å²) < 4.78 is 35.7. The van der Waals surface area contributed by atoms with E-state index in [1.807, 2.05) is 0 Å². The third-order valence-electron chi connectivity index (χ3n) is 2.12. The van der Waals surface area contributed by atoms with Crippen LogP contribution in [-0.4, -0.2) is 46.9 Å². The second kappa shape index (κ2) is 6.86. The van der Waals surface area contributed by atoms with Gasteiger partial charge in [-0.25, -0.2) is 13.1 Å². The molecule has 0 bridgehead atoms. The molecule has 1 aromatic heterocycles. The van der Waals surface area contributed by atoms with Crippen LogP contribution >= 0.6 is 0 Å². The summed E-state index contributed by atoms with van der Waals surface area (Å²) in [7, 11) is -0.574. The van der Waals surface area contributed by atoms with Crippen LogP contribution in [0, 0.1) is 0 Å². The zero-order valence-electron chi connectivity index (χ0n) is 10.3. The molecule has 104 valence electrons. The SMILES string of the molecule is CNCc1ccc(S(=O)(=O)NCC(O)COC)o1. The first-order valence-electron chi connectivity index (χ1n) is 5.39. The van der Waals surface area contributed by atoms with Gasteiger partial charge in [-0.1, -0.05) is 0 Å². The van der Waals surface area contributed by atoms with Gasteiger partial charge in [0.25, 0.3) is 10.0 Å². The van der Waals surface area contributed by atoms with Gasteiger partial charge in [0, 0.05) is 13.7 Å². The number of aliphatic hydroxyl groups excluding tert-OH is 1. The summed E-state index contributed by atoms with van der Waals surface area (Å²) in [6.45, 7) is 0.381. The molecule has 0 amide bonds. The number of ether oxygens (including phenoxy) is 1. The van der Waals surface area contributed by atoms with E-state index in [0.29, 0.717) is 12.3 Å². The minimum absolute atomic E-state index is 0.0612. The topological polar surface area (TPSA) is 101 Å². The Kier molecular flexibility index (Phi) is 5.76. The fourth-order valence-corrected chi connectivity index (χ4v) is 2.32. The molecule has 0 aliphatic rings. The molecule has 8 heteroatoms. The maximum atomic E-state index is 11.8. The van der Waals surface area contributed by atoms with Gasteiger partial charge in [-0.3, -0.25) is 0 Å². The van der Waals surface area contributed by atoms with Crippen LogP contribution in [0.2, 0.25) is 0 Å². The Morgan fingerprint density at radius 3 is 2.83 bits per heavy atom. The van der Waals surface area contributed by atoms with Gasteiger partial charge in [0.05, 0.1) is 19.3 Å². The summed E-state index contributed by atoms with van der Waals surface area (Å²) in [4.78, 5) is 0. The second-order valence-electron chi connectivity index (χ2n) is 3.71. The molecule has 0 saturated heterocycles. The van der Waals surface area contributed by atoms with Crippen molar-refractivity contribution in [3.8, 4) is 0 Å². The van der Waals surface area contributed by atoms with Crippen LogP contribution in [0.15, 0.2) is 21.6 Å². The van der Waals surface area contributed by atoms with E-state index in [2.05, 4.69) is 10.0 Å². The fraction of sp³-hybridized carbons (Fsp3) is 0.600. The zero-order chi connectivity index (χ0) is 13.6. The molecule has 0 spiro atoms. The van der Waals surface area contributed by atoms with Crippen LogP contribution in [0.1, 0.15) is 5.76 Å². The molecule has 1 rings (SSSR count). The quantitative estimate of drug-likeness (QED) is 0.580. The molecule has 0 aromatic carbocycles. The Bertz CT molecular complexity index is 457. The highest BCUT2D eigenvalue weighted by Gasteiger charge is 2.19. The summed E-state index contributed by atoms with van der Waals surface area (Å²) >= 11 is 0. The smallest absolute Gasteiger partial charge is 0.274 e. The van der Waals surface area contributed by atoms with Crippen LogP contribution < -0.4 is 10.0 Å². The van der Waals surface area contributed by atoms with E-state index >= 15 is 0 Å². The van der Waals surface area contributed by atoms with Crippen molar-refractivity contribution in [3.63, 3.8) is 0 Å². The normalized spacial score (nSPS) is 13.7. The highest BCUT2D eigenvalue weighted by molar-refractivity contribution is 7.89. The lowest BCUT2D eigenvalue weighted by Gasteiger charge is -2.09. The predicted molar refractivity (Wildman–Crippen MR) is 64.5 cm³/mol. The molecule has 1 heterocycles. The first-order chi connectivity index (χ1) is 8.49. The number of hydrogen-bond acceptors (Lipinski definition) is 6. The minimum atomic E-state index is -3.73. The molecule has 3 N–H and O–H groups in total. The van der Waals surface area contributed by atoms with Gasteiger partial charge in [-0.15, -0.1) is 0 Å². The van der Waals surface area contributed by atoms with Gasteiger partial charge in [0.1, 0.15) is 5.76 Å². The van der Waals surface area contributed by atoms with Gasteiger partial charge in [-0.2, -0.15) is 0 Å². The first kappa shape index (κ1) is 15.1. The van der Waals surface area contributed by atoms with Crippen LogP contribution in [0.3, 0.4) is 0 Å². The molecule has 7 nitrogen and oxygen atoms in total. The maximum absolute atomic E-state index is 11.8. The lowest BCUT2D eigenvalue weighted by atomic mass is 10.4. The Morgan fingerprint density at radius 2 is 2.22 bits per heavy atom. The number of nitrogens with one attached hydrogen (secondary N) is 2. The largest absolute Gasteiger partial charge is 0.447 e. The molecule has 0 radical (unpaired) electrons. The average molecular weight is 278 g/mol. The van der Waals surface area contributed by atoms with Crippen molar-refractivity contribution in [2.24, 2.45) is 0 Å². The summed E-state index contributed by atoms with van der Waals surface area (Å²) in [5.41, 5.74) is 0.